The topological polar surface area (TPSA) is 175 Å². The Balaban J connectivity index is 0.000000311. The molecule has 1 aliphatic carbocycles. The molecular formula is C45H52Cl2N4O8. The fourth-order valence-corrected chi connectivity index (χ4v) is 6.34. The number of nitrogens with one attached hydrogen (secondary N) is 3. The summed E-state index contributed by atoms with van der Waals surface area (Å²) in [5.41, 5.74) is 11.4. The quantitative estimate of drug-likeness (QED) is 0.0849. The highest BCUT2D eigenvalue weighted by molar-refractivity contribution is 6.31. The molecule has 0 aromatic heterocycles. The number of carbonyl (C=O) groups excluding carboxylic acids is 5. The Morgan fingerprint density at radius 2 is 1.10 bits per heavy atom. The summed E-state index contributed by atoms with van der Waals surface area (Å²) in [7, 11) is 0. The summed E-state index contributed by atoms with van der Waals surface area (Å²) in [6.07, 6.45) is -1.34. The zero-order valence-electron chi connectivity index (χ0n) is 34.5. The number of esters is 2. The molecule has 3 amide bonds. The van der Waals surface area contributed by atoms with Crippen molar-refractivity contribution >= 4 is 64.4 Å². The van der Waals surface area contributed by atoms with Crippen LogP contribution in [0.1, 0.15) is 82.6 Å². The van der Waals surface area contributed by atoms with E-state index in [2.05, 4.69) is 16.0 Å². The van der Waals surface area contributed by atoms with Gasteiger partial charge in [0, 0.05) is 27.3 Å². The highest BCUT2D eigenvalue weighted by Gasteiger charge is 2.31. The lowest BCUT2D eigenvalue weighted by Crippen LogP contribution is -2.46. The maximum Gasteiger partial charge on any atom is 0.407 e. The van der Waals surface area contributed by atoms with Crippen LogP contribution in [0.2, 0.25) is 10.0 Å². The van der Waals surface area contributed by atoms with Gasteiger partial charge in [-0.1, -0.05) is 71.7 Å². The smallest absolute Gasteiger partial charge is 0.407 e. The summed E-state index contributed by atoms with van der Waals surface area (Å²) in [4.78, 5) is 62.1. The first-order valence-electron chi connectivity index (χ1n) is 19.0. The number of hydrogen-bond acceptors (Lipinski definition) is 9. The molecule has 14 heteroatoms. The van der Waals surface area contributed by atoms with Gasteiger partial charge in [-0.2, -0.15) is 0 Å². The summed E-state index contributed by atoms with van der Waals surface area (Å²) in [6.45, 7) is 14.2. The van der Waals surface area contributed by atoms with Crippen molar-refractivity contribution < 1.29 is 38.2 Å². The van der Waals surface area contributed by atoms with Crippen LogP contribution in [0.15, 0.2) is 84.9 Å². The van der Waals surface area contributed by atoms with Crippen molar-refractivity contribution in [1.29, 1.82) is 0 Å². The van der Waals surface area contributed by atoms with Crippen molar-refractivity contribution in [3.8, 4) is 11.1 Å². The molecule has 0 heterocycles. The van der Waals surface area contributed by atoms with Crippen LogP contribution in [0, 0.1) is 13.8 Å². The number of alkyl carbamates (subject to hydrolysis) is 1. The molecule has 0 saturated carbocycles. The van der Waals surface area contributed by atoms with E-state index in [4.69, 9.17) is 43.1 Å². The fourth-order valence-electron chi connectivity index (χ4n) is 6.11. The lowest BCUT2D eigenvalue weighted by atomic mass is 9.98. The van der Waals surface area contributed by atoms with Gasteiger partial charge in [0.25, 0.3) is 0 Å². The van der Waals surface area contributed by atoms with E-state index in [0.29, 0.717) is 21.4 Å². The van der Waals surface area contributed by atoms with Gasteiger partial charge in [-0.3, -0.25) is 19.2 Å². The van der Waals surface area contributed by atoms with Gasteiger partial charge in [-0.25, -0.2) is 4.79 Å². The number of benzene rings is 4. The van der Waals surface area contributed by atoms with Gasteiger partial charge in [-0.05, 0) is 125 Å². The standard InChI is InChI=1S/C30H31ClN2O5.C15H21ClN2O3/c1-18-15-19(13-14-25(18)31)32-28(35)26(16-27(34)38-30(2,3)4)33-29(36)37-17-24-22-11-7-5-9-20(22)21-10-6-8-12-23(21)24;1-9-7-10(5-6-11(9)16)18-14(20)12(17)8-13(19)21-15(2,3)4/h5-15,24,26H,16-17H2,1-4H3,(H,32,35)(H,33,36);5-7,12H,8,17H2,1-4H3,(H,18,20)/t26-;12-/m00/s1. The number of amides is 3. The van der Waals surface area contributed by atoms with E-state index >= 15 is 0 Å². The van der Waals surface area contributed by atoms with Crippen LogP contribution in [0.5, 0.6) is 0 Å². The molecule has 1 aliphatic rings. The van der Waals surface area contributed by atoms with Crippen molar-refractivity contribution in [2.24, 2.45) is 5.73 Å². The van der Waals surface area contributed by atoms with Crippen LogP contribution in [0.3, 0.4) is 0 Å². The summed E-state index contributed by atoms with van der Waals surface area (Å²) in [5, 5.41) is 9.11. The number of nitrogens with two attached hydrogens (primary N) is 1. The highest BCUT2D eigenvalue weighted by Crippen LogP contribution is 2.44. The largest absolute Gasteiger partial charge is 0.460 e. The van der Waals surface area contributed by atoms with Crippen molar-refractivity contribution in [3.05, 3.63) is 117 Å². The van der Waals surface area contributed by atoms with Crippen LogP contribution in [0.25, 0.3) is 11.1 Å². The second kappa shape index (κ2) is 20.0. The molecule has 314 valence electrons. The number of carbonyl (C=O) groups is 5. The Labute approximate surface area is 355 Å². The number of rotatable bonds is 11. The zero-order chi connectivity index (χ0) is 43.7. The lowest BCUT2D eigenvalue weighted by Gasteiger charge is -2.23. The predicted molar refractivity (Wildman–Crippen MR) is 231 cm³/mol. The van der Waals surface area contributed by atoms with E-state index in [-0.39, 0.29) is 25.4 Å². The van der Waals surface area contributed by atoms with Gasteiger partial charge in [-0.15, -0.1) is 0 Å². The average Bonchev–Trinajstić information content (AvgIpc) is 3.45. The molecule has 2 atom stereocenters. The minimum atomic E-state index is -1.21. The van der Waals surface area contributed by atoms with E-state index in [1.807, 2.05) is 62.4 Å². The molecule has 0 bridgehead atoms. The van der Waals surface area contributed by atoms with Crippen molar-refractivity contribution in [2.45, 2.75) is 97.4 Å². The molecule has 0 radical (unpaired) electrons. The van der Waals surface area contributed by atoms with Crippen LogP contribution in [-0.2, 0) is 33.4 Å². The average molecular weight is 848 g/mol. The molecule has 5 N–H and O–H groups in total. The molecule has 0 aliphatic heterocycles. The minimum Gasteiger partial charge on any atom is -0.460 e. The van der Waals surface area contributed by atoms with E-state index in [1.165, 1.54) is 0 Å². The summed E-state index contributed by atoms with van der Waals surface area (Å²) < 4.78 is 16.1. The van der Waals surface area contributed by atoms with E-state index < -0.39 is 53.1 Å². The second-order valence-corrected chi connectivity index (χ2v) is 16.9. The van der Waals surface area contributed by atoms with Crippen LogP contribution < -0.4 is 21.7 Å². The Kier molecular flexibility index (Phi) is 15.7. The zero-order valence-corrected chi connectivity index (χ0v) is 36.0. The summed E-state index contributed by atoms with van der Waals surface area (Å²) in [6, 6.07) is 23.9. The number of anilines is 2. The third kappa shape index (κ3) is 14.1. The van der Waals surface area contributed by atoms with Gasteiger partial charge in [0.05, 0.1) is 18.9 Å². The molecule has 0 unspecified atom stereocenters. The number of ether oxygens (including phenoxy) is 3. The second-order valence-electron chi connectivity index (χ2n) is 16.1. The Morgan fingerprint density at radius 3 is 1.56 bits per heavy atom. The van der Waals surface area contributed by atoms with E-state index in [0.717, 1.165) is 33.4 Å². The van der Waals surface area contributed by atoms with E-state index in [1.54, 1.807) is 77.9 Å². The molecule has 4 aromatic rings. The van der Waals surface area contributed by atoms with Crippen LogP contribution in [0.4, 0.5) is 16.2 Å². The van der Waals surface area contributed by atoms with E-state index in [9.17, 15) is 24.0 Å². The van der Waals surface area contributed by atoms with Gasteiger partial charge in [0.2, 0.25) is 11.8 Å². The molecule has 0 fully saturated rings. The molecule has 12 nitrogen and oxygen atoms in total. The molecule has 0 saturated heterocycles. The predicted octanol–water partition coefficient (Wildman–Crippen LogP) is 8.87. The molecule has 5 rings (SSSR count). The fraction of sp³-hybridized carbons (Fsp3) is 0.356. The molecular weight excluding hydrogens is 795 g/mol. The van der Waals surface area contributed by atoms with Gasteiger partial charge in [0.1, 0.15) is 23.9 Å². The number of hydrogen-bond donors (Lipinski definition) is 4. The van der Waals surface area contributed by atoms with Crippen LogP contribution >= 0.6 is 23.2 Å². The Bertz CT molecular complexity index is 2130. The first kappa shape index (κ1) is 46.3. The molecule has 4 aromatic carbocycles. The number of halogens is 2. The maximum atomic E-state index is 13.1. The lowest BCUT2D eigenvalue weighted by molar-refractivity contribution is -0.156. The Morgan fingerprint density at radius 1 is 0.661 bits per heavy atom. The van der Waals surface area contributed by atoms with Gasteiger partial charge < -0.3 is 35.9 Å². The maximum absolute atomic E-state index is 13.1. The number of fused-ring (bicyclic) bond motifs is 3. The third-order valence-electron chi connectivity index (χ3n) is 8.74. The van der Waals surface area contributed by atoms with Gasteiger partial charge >= 0.3 is 18.0 Å². The van der Waals surface area contributed by atoms with Gasteiger partial charge in [0.15, 0.2) is 0 Å². The molecule has 0 spiro atoms. The Hall–Kier alpha value is -5.43. The van der Waals surface area contributed by atoms with Crippen molar-refractivity contribution in [3.63, 3.8) is 0 Å². The first-order valence-corrected chi connectivity index (χ1v) is 19.8. The third-order valence-corrected chi connectivity index (χ3v) is 9.59. The van der Waals surface area contributed by atoms with Crippen molar-refractivity contribution in [2.75, 3.05) is 17.2 Å². The van der Waals surface area contributed by atoms with Crippen LogP contribution in [-0.4, -0.2) is 59.7 Å². The molecule has 59 heavy (non-hydrogen) atoms. The van der Waals surface area contributed by atoms with Crippen molar-refractivity contribution in [1.82, 2.24) is 5.32 Å². The SMILES string of the molecule is Cc1cc(NC(=O)[C@@H](N)CC(=O)OC(C)(C)C)ccc1Cl.Cc1cc(NC(=O)[C@H](CC(=O)OC(C)(C)C)NC(=O)OCC2c3ccccc3-c3ccccc32)ccc1Cl. The highest BCUT2D eigenvalue weighted by atomic mass is 35.5. The first-order chi connectivity index (χ1) is 27.6. The number of aryl methyl sites for hydroxylation is 2. The summed E-state index contributed by atoms with van der Waals surface area (Å²) in [5.74, 6) is -2.28. The summed E-state index contributed by atoms with van der Waals surface area (Å²) >= 11 is 12.0. The monoisotopic (exact) mass is 846 g/mol. The normalized spacial score (nSPS) is 13.0. The minimum absolute atomic E-state index is 0.0804.